The van der Waals surface area contributed by atoms with E-state index in [1.807, 2.05) is 6.92 Å². The van der Waals surface area contributed by atoms with E-state index in [4.69, 9.17) is 14.2 Å². The summed E-state index contributed by atoms with van der Waals surface area (Å²) in [7, 11) is 0. The molecule has 0 bridgehead atoms. The van der Waals surface area contributed by atoms with Crippen molar-refractivity contribution in [3.05, 3.63) is 6.07 Å². The van der Waals surface area contributed by atoms with Gasteiger partial charge in [0.25, 0.3) is 0 Å². The molecule has 0 aromatic rings. The normalized spacial score (nSPS) is 12.0. The highest BCUT2D eigenvalue weighted by Gasteiger charge is 2.05. The van der Waals surface area contributed by atoms with E-state index in [9.17, 15) is 4.79 Å². The molecule has 4 nitrogen and oxygen atoms in total. The monoisotopic (exact) mass is 504 g/mol. The first kappa shape index (κ1) is 15.9. The summed E-state index contributed by atoms with van der Waals surface area (Å²) >= 11 is 7.45. The molecule has 88 valence electrons. The van der Waals surface area contributed by atoms with Crippen molar-refractivity contribution >= 4 is 67.3 Å². The van der Waals surface area contributed by atoms with Crippen LogP contribution in [0, 0.1) is 0 Å². The number of hydrogen-bond acceptors (Lipinski definition) is 4. The molecule has 0 aliphatic carbocycles. The molecule has 0 saturated carbocycles. The van der Waals surface area contributed by atoms with Gasteiger partial charge >= 0.3 is 6.16 Å². The third-order valence-corrected chi connectivity index (χ3v) is 4.93. The van der Waals surface area contributed by atoms with Crippen LogP contribution in [0.5, 0.6) is 0 Å². The van der Waals surface area contributed by atoms with E-state index in [1.54, 1.807) is 0 Å². The highest BCUT2D eigenvalue weighted by Crippen LogP contribution is 2.24. The SMILES string of the molecule is CCOCCOC(=O)OC/C(I)=C(\Br)I. The van der Waals surface area contributed by atoms with Crippen molar-refractivity contribution in [1.29, 1.82) is 0 Å². The van der Waals surface area contributed by atoms with Crippen molar-refractivity contribution in [3.63, 3.8) is 0 Å². The van der Waals surface area contributed by atoms with Crippen LogP contribution < -0.4 is 0 Å². The van der Waals surface area contributed by atoms with Crippen LogP contribution in [0.25, 0.3) is 0 Å². The van der Waals surface area contributed by atoms with Crippen molar-refractivity contribution in [2.75, 3.05) is 26.4 Å². The van der Waals surface area contributed by atoms with Crippen LogP contribution in [-0.4, -0.2) is 32.6 Å². The molecule has 0 aromatic heterocycles. The molecule has 0 unspecified atom stereocenters. The van der Waals surface area contributed by atoms with Crippen LogP contribution in [0.1, 0.15) is 6.92 Å². The first-order valence-electron chi connectivity index (χ1n) is 4.14. The van der Waals surface area contributed by atoms with E-state index >= 15 is 0 Å². The van der Waals surface area contributed by atoms with Gasteiger partial charge in [0, 0.05) is 10.2 Å². The topological polar surface area (TPSA) is 44.8 Å². The second-order valence-corrected chi connectivity index (χ2v) is 6.91. The minimum absolute atomic E-state index is 0.220. The molecule has 0 aromatic carbocycles. The lowest BCUT2D eigenvalue weighted by molar-refractivity contribution is 0.0344. The highest BCUT2D eigenvalue weighted by molar-refractivity contribution is 14.1. The minimum atomic E-state index is -0.672. The van der Waals surface area contributed by atoms with Crippen molar-refractivity contribution in [2.24, 2.45) is 0 Å². The molecule has 0 amide bonds. The summed E-state index contributed by atoms with van der Waals surface area (Å²) in [4.78, 5) is 11.0. The number of carbonyl (C=O) groups is 1. The van der Waals surface area contributed by atoms with Gasteiger partial charge in [-0.25, -0.2) is 4.79 Å². The van der Waals surface area contributed by atoms with Crippen LogP contribution in [0.4, 0.5) is 4.79 Å². The minimum Gasteiger partial charge on any atom is -0.432 e. The molecule has 0 spiro atoms. The van der Waals surface area contributed by atoms with Crippen molar-refractivity contribution in [2.45, 2.75) is 6.92 Å². The third kappa shape index (κ3) is 9.82. The van der Waals surface area contributed by atoms with Crippen LogP contribution in [-0.2, 0) is 14.2 Å². The number of ether oxygens (including phenoxy) is 3. The van der Waals surface area contributed by atoms with Crippen molar-refractivity contribution in [1.82, 2.24) is 0 Å². The maximum atomic E-state index is 11.0. The lowest BCUT2D eigenvalue weighted by atomic mass is 10.7. The van der Waals surface area contributed by atoms with Gasteiger partial charge in [-0.15, -0.1) is 0 Å². The summed E-state index contributed by atoms with van der Waals surface area (Å²) in [6, 6.07) is 0. The maximum absolute atomic E-state index is 11.0. The van der Waals surface area contributed by atoms with Crippen molar-refractivity contribution < 1.29 is 19.0 Å². The predicted molar refractivity (Wildman–Crippen MR) is 77.8 cm³/mol. The lowest BCUT2D eigenvalue weighted by Gasteiger charge is -2.05. The maximum Gasteiger partial charge on any atom is 0.508 e. The summed E-state index contributed by atoms with van der Waals surface area (Å²) in [6.07, 6.45) is -0.672. The Morgan fingerprint density at radius 1 is 1.27 bits per heavy atom. The molecule has 0 rings (SSSR count). The Labute approximate surface area is 124 Å². The number of halogens is 3. The smallest absolute Gasteiger partial charge is 0.432 e. The zero-order valence-electron chi connectivity index (χ0n) is 8.10. The van der Waals surface area contributed by atoms with Crippen LogP contribution in [0.15, 0.2) is 6.07 Å². The molecule has 0 saturated heterocycles. The first-order valence-corrected chi connectivity index (χ1v) is 7.10. The number of rotatable bonds is 6. The van der Waals surface area contributed by atoms with Crippen LogP contribution in [0.2, 0.25) is 0 Å². The molecule has 0 atom stereocenters. The van der Waals surface area contributed by atoms with E-state index in [0.29, 0.717) is 13.2 Å². The molecule has 0 fully saturated rings. The first-order chi connectivity index (χ1) is 7.07. The zero-order valence-corrected chi connectivity index (χ0v) is 14.0. The Kier molecular flexibility index (Phi) is 10.7. The van der Waals surface area contributed by atoms with Crippen LogP contribution >= 0.6 is 61.1 Å². The molecule has 0 aliphatic rings. The second kappa shape index (κ2) is 10.1. The van der Waals surface area contributed by atoms with E-state index in [-0.39, 0.29) is 13.2 Å². The summed E-state index contributed by atoms with van der Waals surface area (Å²) < 4.78 is 16.4. The fourth-order valence-electron chi connectivity index (χ4n) is 0.547. The molecule has 15 heavy (non-hydrogen) atoms. The van der Waals surface area contributed by atoms with Crippen molar-refractivity contribution in [3.8, 4) is 0 Å². The van der Waals surface area contributed by atoms with Gasteiger partial charge in [0.05, 0.1) is 9.10 Å². The summed E-state index contributed by atoms with van der Waals surface area (Å²) in [5, 5.41) is 0. The van der Waals surface area contributed by atoms with Gasteiger partial charge in [-0.05, 0) is 68.0 Å². The molecular formula is C8H11BrI2O4. The fourth-order valence-corrected chi connectivity index (χ4v) is 0.973. The van der Waals surface area contributed by atoms with Gasteiger partial charge in [0.1, 0.15) is 13.2 Å². The predicted octanol–water partition coefficient (Wildman–Crippen LogP) is 3.61. The molecule has 0 radical (unpaired) electrons. The lowest BCUT2D eigenvalue weighted by Crippen LogP contribution is -2.12. The Hall–Kier alpha value is 0.910. The highest BCUT2D eigenvalue weighted by atomic mass is 127. The Balaban J connectivity index is 3.54. The van der Waals surface area contributed by atoms with Gasteiger partial charge < -0.3 is 14.2 Å². The molecule has 7 heteroatoms. The molecule has 0 N–H and O–H groups in total. The largest absolute Gasteiger partial charge is 0.508 e. The average molecular weight is 505 g/mol. The fraction of sp³-hybridized carbons (Fsp3) is 0.625. The number of carbonyl (C=O) groups excluding carboxylic acids is 1. The Morgan fingerprint density at radius 2 is 1.93 bits per heavy atom. The Bertz CT molecular complexity index is 229. The summed E-state index contributed by atoms with van der Waals surface area (Å²) in [5.41, 5.74) is 0. The van der Waals surface area contributed by atoms with E-state index in [0.717, 1.165) is 6.07 Å². The standard InChI is InChI=1S/C8H11BrI2O4/c1-2-13-3-4-14-8(12)15-5-6(10)7(9)11/h2-5H2,1H3/b7-6-. The van der Waals surface area contributed by atoms with E-state index in [2.05, 4.69) is 61.1 Å². The average Bonchev–Trinajstić information content (AvgIpc) is 2.20. The molecule has 0 heterocycles. The molecular weight excluding hydrogens is 494 g/mol. The molecule has 0 aliphatic heterocycles. The Morgan fingerprint density at radius 3 is 2.47 bits per heavy atom. The quantitative estimate of drug-likeness (QED) is 0.315. The zero-order chi connectivity index (χ0) is 11.7. The van der Waals surface area contributed by atoms with E-state index in [1.165, 1.54) is 0 Å². The van der Waals surface area contributed by atoms with E-state index < -0.39 is 6.16 Å². The van der Waals surface area contributed by atoms with Gasteiger partial charge in [-0.2, -0.15) is 0 Å². The van der Waals surface area contributed by atoms with Crippen LogP contribution in [0.3, 0.4) is 0 Å². The van der Waals surface area contributed by atoms with Gasteiger partial charge in [0.2, 0.25) is 0 Å². The number of hydrogen-bond donors (Lipinski definition) is 0. The van der Waals surface area contributed by atoms with Gasteiger partial charge in [-0.1, -0.05) is 0 Å². The summed E-state index contributed by atoms with van der Waals surface area (Å²) in [5.74, 6) is 0. The second-order valence-electron chi connectivity index (χ2n) is 2.25. The van der Waals surface area contributed by atoms with Gasteiger partial charge in [-0.3, -0.25) is 0 Å². The summed E-state index contributed by atoms with van der Waals surface area (Å²) in [6.45, 7) is 3.33. The third-order valence-electron chi connectivity index (χ3n) is 1.17. The van der Waals surface area contributed by atoms with Gasteiger partial charge in [0.15, 0.2) is 0 Å².